The highest BCUT2D eigenvalue weighted by Crippen LogP contribution is 2.34. The van der Waals surface area contributed by atoms with Gasteiger partial charge in [-0.3, -0.25) is 4.79 Å². The van der Waals surface area contributed by atoms with Crippen molar-refractivity contribution in [2.24, 2.45) is 0 Å². The van der Waals surface area contributed by atoms with E-state index in [1.54, 1.807) is 26.4 Å². The number of Topliss-reactive ketones (excluding diaryl/α,β-unsaturated/α-hetero) is 1. The molecule has 4 nitrogen and oxygen atoms in total. The minimum atomic E-state index is -1.04. The number of rotatable bonds is 6. The van der Waals surface area contributed by atoms with Gasteiger partial charge in [0.05, 0.1) is 20.1 Å². The molecule has 0 spiro atoms. The molecule has 0 saturated carbocycles. The monoisotopic (exact) mass is 300 g/mol. The fourth-order valence-corrected chi connectivity index (χ4v) is 2.44. The topological polar surface area (TPSA) is 55.8 Å². The molecule has 0 aromatic heterocycles. The van der Waals surface area contributed by atoms with E-state index in [-0.39, 0.29) is 5.78 Å². The number of benzene rings is 2. The van der Waals surface area contributed by atoms with E-state index < -0.39 is 12.0 Å². The highest BCUT2D eigenvalue weighted by molar-refractivity contribution is 5.92. The summed E-state index contributed by atoms with van der Waals surface area (Å²) in [4.78, 5) is 12.5. The summed E-state index contributed by atoms with van der Waals surface area (Å²) >= 11 is 0. The molecule has 2 atom stereocenters. The second-order valence-corrected chi connectivity index (χ2v) is 5.04. The van der Waals surface area contributed by atoms with Crippen LogP contribution in [0.4, 0.5) is 0 Å². The molecular formula is C18H20O4. The highest BCUT2D eigenvalue weighted by atomic mass is 16.5. The maximum Gasteiger partial charge on any atom is 0.172 e. The summed E-state index contributed by atoms with van der Waals surface area (Å²) in [5.41, 5.74) is 1.59. The summed E-state index contributed by atoms with van der Waals surface area (Å²) in [7, 11) is 3.11. The molecule has 116 valence electrons. The molecule has 0 amide bonds. The summed E-state index contributed by atoms with van der Waals surface area (Å²) in [5.74, 6) is 0.362. The van der Waals surface area contributed by atoms with E-state index in [9.17, 15) is 9.90 Å². The van der Waals surface area contributed by atoms with E-state index in [1.165, 1.54) is 6.92 Å². The number of methoxy groups -OCH3 is 2. The Labute approximate surface area is 130 Å². The number of aliphatic hydroxyl groups is 1. The lowest BCUT2D eigenvalue weighted by Crippen LogP contribution is -2.25. The Kier molecular flexibility index (Phi) is 5.17. The normalized spacial score (nSPS) is 13.3. The smallest absolute Gasteiger partial charge is 0.172 e. The quantitative estimate of drug-likeness (QED) is 0.891. The van der Waals surface area contributed by atoms with Crippen molar-refractivity contribution in [2.75, 3.05) is 14.2 Å². The van der Waals surface area contributed by atoms with Gasteiger partial charge in [0.25, 0.3) is 0 Å². The molecule has 1 N–H and O–H groups in total. The number of hydrogen-bond acceptors (Lipinski definition) is 4. The van der Waals surface area contributed by atoms with Crippen LogP contribution in [0, 0.1) is 0 Å². The first-order valence-electron chi connectivity index (χ1n) is 7.07. The summed E-state index contributed by atoms with van der Waals surface area (Å²) in [5, 5.41) is 9.74. The van der Waals surface area contributed by atoms with Crippen molar-refractivity contribution in [3.8, 4) is 11.5 Å². The summed E-state index contributed by atoms with van der Waals surface area (Å²) in [6.45, 7) is 1.49. The van der Waals surface area contributed by atoms with Crippen molar-refractivity contribution in [2.45, 2.75) is 18.9 Å². The first-order valence-corrected chi connectivity index (χ1v) is 7.07. The Morgan fingerprint density at radius 1 is 0.955 bits per heavy atom. The van der Waals surface area contributed by atoms with E-state index >= 15 is 0 Å². The van der Waals surface area contributed by atoms with Crippen molar-refractivity contribution in [1.29, 1.82) is 0 Å². The summed E-state index contributed by atoms with van der Waals surface area (Å²) < 4.78 is 10.5. The van der Waals surface area contributed by atoms with Gasteiger partial charge >= 0.3 is 0 Å². The first-order chi connectivity index (χ1) is 10.6. The Hall–Kier alpha value is -2.33. The Morgan fingerprint density at radius 2 is 1.59 bits per heavy atom. The molecule has 0 aliphatic carbocycles. The van der Waals surface area contributed by atoms with Crippen LogP contribution in [0.2, 0.25) is 0 Å². The van der Waals surface area contributed by atoms with E-state index in [2.05, 4.69) is 0 Å². The lowest BCUT2D eigenvalue weighted by Gasteiger charge is -2.20. The van der Waals surface area contributed by atoms with Crippen LogP contribution >= 0.6 is 0 Å². The molecule has 4 heteroatoms. The third-order valence-electron chi connectivity index (χ3n) is 3.57. The molecule has 0 saturated heterocycles. The number of carbonyl (C=O) groups excluding carboxylic acids is 1. The predicted octanol–water partition coefficient (Wildman–Crippen LogP) is 2.79. The number of ketones is 1. The lowest BCUT2D eigenvalue weighted by atomic mass is 9.85. The maximum atomic E-state index is 12.5. The van der Waals surface area contributed by atoms with Crippen LogP contribution in [0.5, 0.6) is 11.5 Å². The third-order valence-corrected chi connectivity index (χ3v) is 3.57. The second-order valence-electron chi connectivity index (χ2n) is 5.04. The van der Waals surface area contributed by atoms with Crippen LogP contribution in [0.1, 0.15) is 24.0 Å². The molecule has 0 bridgehead atoms. The van der Waals surface area contributed by atoms with Gasteiger partial charge < -0.3 is 14.6 Å². The zero-order chi connectivity index (χ0) is 16.1. The van der Waals surface area contributed by atoms with Gasteiger partial charge in [-0.25, -0.2) is 0 Å². The molecule has 0 heterocycles. The van der Waals surface area contributed by atoms with Crippen molar-refractivity contribution in [3.63, 3.8) is 0 Å². The van der Waals surface area contributed by atoms with Crippen molar-refractivity contribution < 1.29 is 19.4 Å². The summed E-state index contributed by atoms with van der Waals surface area (Å²) in [6.07, 6.45) is -1.04. The molecule has 2 unspecified atom stereocenters. The Bertz CT molecular complexity index is 635. The van der Waals surface area contributed by atoms with Gasteiger partial charge in [-0.05, 0) is 30.2 Å². The fraction of sp³-hybridized carbons (Fsp3) is 0.278. The average Bonchev–Trinajstić information content (AvgIpc) is 2.55. The number of ether oxygens (including phenoxy) is 2. The second kappa shape index (κ2) is 7.09. The number of hydrogen-bond donors (Lipinski definition) is 1. The van der Waals surface area contributed by atoms with Crippen LogP contribution in [0.15, 0.2) is 48.5 Å². The van der Waals surface area contributed by atoms with Crippen LogP contribution in [-0.4, -0.2) is 31.2 Å². The van der Waals surface area contributed by atoms with Crippen molar-refractivity contribution in [1.82, 2.24) is 0 Å². The van der Waals surface area contributed by atoms with Gasteiger partial charge in [-0.1, -0.05) is 36.4 Å². The zero-order valence-electron chi connectivity index (χ0n) is 12.9. The Balaban J connectivity index is 2.52. The predicted molar refractivity (Wildman–Crippen MR) is 84.5 cm³/mol. The van der Waals surface area contributed by atoms with Crippen LogP contribution in [-0.2, 0) is 4.79 Å². The van der Waals surface area contributed by atoms with E-state index in [0.717, 1.165) is 11.1 Å². The van der Waals surface area contributed by atoms with Crippen molar-refractivity contribution >= 4 is 5.78 Å². The molecule has 22 heavy (non-hydrogen) atoms. The maximum absolute atomic E-state index is 12.5. The fourth-order valence-electron chi connectivity index (χ4n) is 2.44. The van der Waals surface area contributed by atoms with Gasteiger partial charge in [-0.2, -0.15) is 0 Å². The number of carbonyl (C=O) groups is 1. The zero-order valence-corrected chi connectivity index (χ0v) is 12.9. The lowest BCUT2D eigenvalue weighted by molar-refractivity contribution is -0.126. The molecule has 2 aromatic carbocycles. The van der Waals surface area contributed by atoms with Gasteiger partial charge in [0.15, 0.2) is 17.3 Å². The summed E-state index contributed by atoms with van der Waals surface area (Å²) in [6, 6.07) is 14.7. The SMILES string of the molecule is COc1ccc(C(C(=O)C(C)O)c2ccccc2)cc1OC. The van der Waals surface area contributed by atoms with Gasteiger partial charge in [0, 0.05) is 0 Å². The average molecular weight is 300 g/mol. The van der Waals surface area contributed by atoms with Crippen molar-refractivity contribution in [3.05, 3.63) is 59.7 Å². The molecular weight excluding hydrogens is 280 g/mol. The van der Waals surface area contributed by atoms with Crippen LogP contribution < -0.4 is 9.47 Å². The number of aliphatic hydroxyl groups excluding tert-OH is 1. The van der Waals surface area contributed by atoms with Gasteiger partial charge in [0.1, 0.15) is 6.10 Å². The largest absolute Gasteiger partial charge is 0.493 e. The minimum absolute atomic E-state index is 0.251. The van der Waals surface area contributed by atoms with Gasteiger partial charge in [-0.15, -0.1) is 0 Å². The molecule has 0 radical (unpaired) electrons. The standard InChI is InChI=1S/C18H20O4/c1-12(19)18(20)17(13-7-5-4-6-8-13)14-9-10-15(21-2)16(11-14)22-3/h4-12,17,19H,1-3H3. The Morgan fingerprint density at radius 3 is 2.14 bits per heavy atom. The molecule has 0 aliphatic heterocycles. The molecule has 2 rings (SSSR count). The highest BCUT2D eigenvalue weighted by Gasteiger charge is 2.26. The molecule has 2 aromatic rings. The van der Waals surface area contributed by atoms with E-state index in [4.69, 9.17) is 9.47 Å². The minimum Gasteiger partial charge on any atom is -0.493 e. The van der Waals surface area contributed by atoms with Crippen LogP contribution in [0.3, 0.4) is 0 Å². The third kappa shape index (κ3) is 3.28. The molecule has 0 aliphatic rings. The molecule has 0 fully saturated rings. The van der Waals surface area contributed by atoms with E-state index in [0.29, 0.717) is 11.5 Å². The van der Waals surface area contributed by atoms with E-state index in [1.807, 2.05) is 36.4 Å². The van der Waals surface area contributed by atoms with Gasteiger partial charge in [0.2, 0.25) is 0 Å². The first kappa shape index (κ1) is 16.0. The van der Waals surface area contributed by atoms with Crippen LogP contribution in [0.25, 0.3) is 0 Å².